The van der Waals surface area contributed by atoms with Crippen molar-refractivity contribution in [1.29, 1.82) is 0 Å². The SMILES string of the molecule is Cc1ccc(S(=O)(=O)N2Cc3[nH]cnc3CC2C(=O)O)cc1. The van der Waals surface area contributed by atoms with Gasteiger partial charge in [-0.2, -0.15) is 4.31 Å². The largest absolute Gasteiger partial charge is 0.480 e. The van der Waals surface area contributed by atoms with Gasteiger partial charge in [-0.1, -0.05) is 17.7 Å². The van der Waals surface area contributed by atoms with Crippen LogP contribution >= 0.6 is 0 Å². The van der Waals surface area contributed by atoms with Crippen molar-refractivity contribution in [1.82, 2.24) is 14.3 Å². The van der Waals surface area contributed by atoms with Crippen LogP contribution in [0.5, 0.6) is 0 Å². The minimum atomic E-state index is -3.89. The van der Waals surface area contributed by atoms with Gasteiger partial charge in [-0.05, 0) is 19.1 Å². The van der Waals surface area contributed by atoms with Crippen LogP contribution in [0.3, 0.4) is 0 Å². The van der Waals surface area contributed by atoms with Gasteiger partial charge in [0.2, 0.25) is 10.0 Å². The van der Waals surface area contributed by atoms with Crippen molar-refractivity contribution < 1.29 is 18.3 Å². The molecule has 1 unspecified atom stereocenters. The van der Waals surface area contributed by atoms with E-state index >= 15 is 0 Å². The maximum atomic E-state index is 12.8. The number of benzene rings is 1. The molecule has 2 N–H and O–H groups in total. The summed E-state index contributed by atoms with van der Waals surface area (Å²) in [4.78, 5) is 18.5. The van der Waals surface area contributed by atoms with E-state index in [2.05, 4.69) is 9.97 Å². The summed E-state index contributed by atoms with van der Waals surface area (Å²) >= 11 is 0. The lowest BCUT2D eigenvalue weighted by molar-refractivity contribution is -0.141. The van der Waals surface area contributed by atoms with Crippen LogP contribution in [0.2, 0.25) is 0 Å². The van der Waals surface area contributed by atoms with Crippen molar-refractivity contribution in [2.45, 2.75) is 30.8 Å². The zero-order valence-electron chi connectivity index (χ0n) is 11.9. The normalized spacial score (nSPS) is 18.9. The highest BCUT2D eigenvalue weighted by Crippen LogP contribution is 2.27. The molecule has 8 heteroatoms. The van der Waals surface area contributed by atoms with Gasteiger partial charge in [0.1, 0.15) is 6.04 Å². The molecule has 1 aromatic carbocycles. The van der Waals surface area contributed by atoms with Gasteiger partial charge in [-0.25, -0.2) is 13.4 Å². The Kier molecular flexibility index (Phi) is 3.50. The van der Waals surface area contributed by atoms with E-state index in [0.717, 1.165) is 9.87 Å². The molecule has 0 bridgehead atoms. The topological polar surface area (TPSA) is 103 Å². The summed E-state index contributed by atoms with van der Waals surface area (Å²) in [6.45, 7) is 1.83. The second kappa shape index (κ2) is 5.22. The second-order valence-electron chi connectivity index (χ2n) is 5.25. The molecule has 1 aliphatic rings. The molecular weight excluding hydrogens is 306 g/mol. The number of carboxylic acid groups (broad SMARTS) is 1. The molecule has 1 aliphatic heterocycles. The van der Waals surface area contributed by atoms with Gasteiger partial charge in [0.15, 0.2) is 0 Å². The van der Waals surface area contributed by atoms with Crippen molar-refractivity contribution in [3.8, 4) is 0 Å². The van der Waals surface area contributed by atoms with E-state index in [1.807, 2.05) is 6.92 Å². The Morgan fingerprint density at radius 1 is 1.36 bits per heavy atom. The van der Waals surface area contributed by atoms with Crippen molar-refractivity contribution >= 4 is 16.0 Å². The van der Waals surface area contributed by atoms with E-state index in [4.69, 9.17) is 0 Å². The van der Waals surface area contributed by atoms with Crippen LogP contribution in [-0.2, 0) is 27.8 Å². The highest BCUT2D eigenvalue weighted by molar-refractivity contribution is 7.89. The van der Waals surface area contributed by atoms with Crippen LogP contribution in [0.4, 0.5) is 0 Å². The van der Waals surface area contributed by atoms with E-state index in [1.54, 1.807) is 12.1 Å². The van der Waals surface area contributed by atoms with Gasteiger partial charge in [-0.3, -0.25) is 4.79 Å². The third kappa shape index (κ3) is 2.40. The fraction of sp³-hybridized carbons (Fsp3) is 0.286. The number of nitrogens with one attached hydrogen (secondary N) is 1. The molecule has 0 saturated heterocycles. The fourth-order valence-corrected chi connectivity index (χ4v) is 4.07. The quantitative estimate of drug-likeness (QED) is 0.875. The first-order valence-corrected chi connectivity index (χ1v) is 8.16. The zero-order valence-corrected chi connectivity index (χ0v) is 12.7. The number of aliphatic carboxylic acids is 1. The van der Waals surface area contributed by atoms with Crippen LogP contribution in [-0.4, -0.2) is 39.8 Å². The average Bonchev–Trinajstić information content (AvgIpc) is 2.93. The third-order valence-electron chi connectivity index (χ3n) is 3.77. The summed E-state index contributed by atoms with van der Waals surface area (Å²) in [7, 11) is -3.89. The van der Waals surface area contributed by atoms with E-state index in [-0.39, 0.29) is 17.9 Å². The first kappa shape index (κ1) is 14.7. The molecule has 0 radical (unpaired) electrons. The van der Waals surface area contributed by atoms with E-state index in [9.17, 15) is 18.3 Å². The summed E-state index contributed by atoms with van der Waals surface area (Å²) < 4.78 is 26.6. The lowest BCUT2D eigenvalue weighted by Crippen LogP contribution is -2.48. The van der Waals surface area contributed by atoms with Crippen molar-refractivity contribution in [3.05, 3.63) is 47.5 Å². The number of sulfonamides is 1. The van der Waals surface area contributed by atoms with Crippen molar-refractivity contribution in [3.63, 3.8) is 0 Å². The number of aromatic nitrogens is 2. The van der Waals surface area contributed by atoms with E-state index in [1.165, 1.54) is 18.5 Å². The summed E-state index contributed by atoms with van der Waals surface area (Å²) in [6.07, 6.45) is 1.50. The Bertz CT molecular complexity index is 811. The number of imidazole rings is 1. The summed E-state index contributed by atoms with van der Waals surface area (Å²) in [6, 6.07) is 5.21. The number of aryl methyl sites for hydroxylation is 1. The number of aromatic amines is 1. The molecule has 2 heterocycles. The van der Waals surface area contributed by atoms with Crippen LogP contribution in [0.25, 0.3) is 0 Å². The molecule has 0 amide bonds. The Morgan fingerprint density at radius 2 is 2.05 bits per heavy atom. The van der Waals surface area contributed by atoms with Crippen LogP contribution in [0.15, 0.2) is 35.5 Å². The molecule has 116 valence electrons. The Balaban J connectivity index is 2.04. The molecule has 0 saturated carbocycles. The molecule has 22 heavy (non-hydrogen) atoms. The highest BCUT2D eigenvalue weighted by atomic mass is 32.2. The van der Waals surface area contributed by atoms with Crippen LogP contribution < -0.4 is 0 Å². The Hall–Kier alpha value is -2.19. The van der Waals surface area contributed by atoms with Gasteiger partial charge in [0.25, 0.3) is 0 Å². The standard InChI is InChI=1S/C14H15N3O4S/c1-9-2-4-10(5-3-9)22(20,21)17-7-12-11(15-8-16-12)6-13(17)14(18)19/h2-5,8,13H,6-7H2,1H3,(H,15,16)(H,18,19). The molecule has 1 atom stereocenters. The molecule has 3 rings (SSSR count). The molecule has 2 aromatic rings. The number of H-pyrrole nitrogens is 1. The second-order valence-corrected chi connectivity index (χ2v) is 7.14. The number of carbonyl (C=O) groups is 1. The van der Waals surface area contributed by atoms with E-state index in [0.29, 0.717) is 11.4 Å². The van der Waals surface area contributed by atoms with E-state index < -0.39 is 22.0 Å². The summed E-state index contributed by atoms with van der Waals surface area (Å²) in [5.74, 6) is -1.18. The molecule has 0 spiro atoms. The number of hydrogen-bond acceptors (Lipinski definition) is 4. The average molecular weight is 321 g/mol. The molecule has 0 fully saturated rings. The maximum absolute atomic E-state index is 12.8. The maximum Gasteiger partial charge on any atom is 0.322 e. The van der Waals surface area contributed by atoms with Gasteiger partial charge >= 0.3 is 5.97 Å². The lowest BCUT2D eigenvalue weighted by atomic mass is 10.1. The first-order chi connectivity index (χ1) is 10.4. The Morgan fingerprint density at radius 3 is 2.68 bits per heavy atom. The monoisotopic (exact) mass is 321 g/mol. The third-order valence-corrected chi connectivity index (χ3v) is 5.64. The predicted molar refractivity (Wildman–Crippen MR) is 77.6 cm³/mol. The number of rotatable bonds is 3. The molecule has 1 aromatic heterocycles. The molecular formula is C14H15N3O4S. The van der Waals surface area contributed by atoms with Crippen LogP contribution in [0.1, 0.15) is 17.0 Å². The van der Waals surface area contributed by atoms with Crippen molar-refractivity contribution in [2.24, 2.45) is 0 Å². The minimum Gasteiger partial charge on any atom is -0.480 e. The summed E-state index contributed by atoms with van der Waals surface area (Å²) in [5, 5.41) is 9.38. The smallest absolute Gasteiger partial charge is 0.322 e. The first-order valence-electron chi connectivity index (χ1n) is 6.72. The zero-order chi connectivity index (χ0) is 15.9. The van der Waals surface area contributed by atoms with Crippen molar-refractivity contribution in [2.75, 3.05) is 0 Å². The van der Waals surface area contributed by atoms with Gasteiger partial charge in [-0.15, -0.1) is 0 Å². The highest BCUT2D eigenvalue weighted by Gasteiger charge is 2.40. The van der Waals surface area contributed by atoms with Crippen LogP contribution in [0, 0.1) is 6.92 Å². The molecule has 7 nitrogen and oxygen atoms in total. The molecule has 0 aliphatic carbocycles. The number of hydrogen-bond donors (Lipinski definition) is 2. The van der Waals surface area contributed by atoms with Gasteiger partial charge in [0, 0.05) is 6.42 Å². The fourth-order valence-electron chi connectivity index (χ4n) is 2.52. The predicted octanol–water partition coefficient (Wildman–Crippen LogP) is 0.918. The lowest BCUT2D eigenvalue weighted by Gasteiger charge is -2.31. The Labute approximate surface area is 127 Å². The number of nitrogens with zero attached hydrogens (tertiary/aromatic N) is 2. The summed E-state index contributed by atoms with van der Waals surface area (Å²) in [5.41, 5.74) is 2.17. The minimum absolute atomic E-state index is 0.0253. The van der Waals surface area contributed by atoms with Gasteiger partial charge < -0.3 is 10.1 Å². The number of carboxylic acids is 1. The number of fused-ring (bicyclic) bond motifs is 1. The van der Waals surface area contributed by atoms with Gasteiger partial charge in [0.05, 0.1) is 29.2 Å².